The minimum atomic E-state index is -1.01. The van der Waals surface area contributed by atoms with E-state index in [4.69, 9.17) is 14.6 Å². The van der Waals surface area contributed by atoms with Gasteiger partial charge in [0.15, 0.2) is 6.10 Å². The van der Waals surface area contributed by atoms with Crippen molar-refractivity contribution in [2.45, 2.75) is 50.3 Å². The van der Waals surface area contributed by atoms with Crippen LogP contribution >= 0.6 is 0 Å². The van der Waals surface area contributed by atoms with E-state index in [1.165, 1.54) is 0 Å². The van der Waals surface area contributed by atoms with Crippen molar-refractivity contribution < 1.29 is 29.0 Å². The quantitative estimate of drug-likeness (QED) is 0.595. The summed E-state index contributed by atoms with van der Waals surface area (Å²) in [6.07, 6.45) is -1.29. The predicted octanol–water partition coefficient (Wildman–Crippen LogP) is 3.05. The molecule has 1 aliphatic heterocycles. The van der Waals surface area contributed by atoms with E-state index in [0.717, 1.165) is 22.3 Å². The van der Waals surface area contributed by atoms with E-state index >= 15 is 0 Å². The topological polar surface area (TPSA) is 114 Å². The second-order valence-corrected chi connectivity index (χ2v) is 9.10. The number of fused-ring (bicyclic) bond motifs is 3. The number of carbonyl (C=O) groups is 3. The summed E-state index contributed by atoms with van der Waals surface area (Å²) in [5, 5.41) is 14.5. The van der Waals surface area contributed by atoms with Crippen LogP contribution in [0, 0.1) is 0 Å². The average molecular weight is 453 g/mol. The number of amides is 2. The van der Waals surface area contributed by atoms with Crippen LogP contribution in [0.5, 0.6) is 0 Å². The molecule has 2 amide bonds. The number of alkyl carbamates (subject to hydrolysis) is 1. The minimum absolute atomic E-state index is 0.0566. The van der Waals surface area contributed by atoms with Gasteiger partial charge in [0.25, 0.3) is 5.91 Å². The SMILES string of the molecule is CC(C)(CC(=O)O)NC(=O)[C@@H]1OCC[C@@H]1NC(=O)OCC1c2ccccc2-c2ccccc21. The molecule has 8 heteroatoms. The van der Waals surface area contributed by atoms with Gasteiger partial charge in [-0.2, -0.15) is 0 Å². The molecule has 1 saturated heterocycles. The van der Waals surface area contributed by atoms with E-state index in [1.54, 1.807) is 13.8 Å². The van der Waals surface area contributed by atoms with Crippen LogP contribution in [0.1, 0.15) is 43.7 Å². The molecule has 0 saturated carbocycles. The van der Waals surface area contributed by atoms with E-state index in [0.29, 0.717) is 13.0 Å². The summed E-state index contributed by atoms with van der Waals surface area (Å²) in [5.41, 5.74) is 3.59. The second kappa shape index (κ2) is 9.23. The van der Waals surface area contributed by atoms with Crippen molar-refractivity contribution in [3.63, 3.8) is 0 Å². The third-order valence-electron chi connectivity index (χ3n) is 6.05. The number of nitrogens with one attached hydrogen (secondary N) is 2. The highest BCUT2D eigenvalue weighted by molar-refractivity contribution is 5.84. The molecule has 0 aromatic heterocycles. The molecular weight excluding hydrogens is 424 g/mol. The number of aliphatic carboxylic acids is 1. The first-order valence-corrected chi connectivity index (χ1v) is 11.0. The zero-order valence-electron chi connectivity index (χ0n) is 18.7. The van der Waals surface area contributed by atoms with Crippen molar-refractivity contribution in [3.8, 4) is 11.1 Å². The van der Waals surface area contributed by atoms with Crippen LogP contribution in [0.25, 0.3) is 11.1 Å². The number of carbonyl (C=O) groups excluding carboxylic acids is 2. The maximum atomic E-state index is 12.7. The molecule has 0 bridgehead atoms. The lowest BCUT2D eigenvalue weighted by atomic mass is 9.98. The first-order chi connectivity index (χ1) is 15.7. The van der Waals surface area contributed by atoms with Crippen LogP contribution < -0.4 is 10.6 Å². The third kappa shape index (κ3) is 5.01. The van der Waals surface area contributed by atoms with Crippen LogP contribution in [0.3, 0.4) is 0 Å². The van der Waals surface area contributed by atoms with Crippen LogP contribution in [-0.2, 0) is 19.1 Å². The summed E-state index contributed by atoms with van der Waals surface area (Å²) < 4.78 is 11.1. The first kappa shape index (κ1) is 22.8. The Hall–Kier alpha value is -3.39. The highest BCUT2D eigenvalue weighted by Crippen LogP contribution is 2.44. The molecule has 1 fully saturated rings. The maximum absolute atomic E-state index is 12.7. The average Bonchev–Trinajstić information content (AvgIpc) is 3.33. The number of hydrogen-bond acceptors (Lipinski definition) is 5. The summed E-state index contributed by atoms with van der Waals surface area (Å²) in [4.78, 5) is 36.2. The number of ether oxygens (including phenoxy) is 2. The largest absolute Gasteiger partial charge is 0.481 e. The lowest BCUT2D eigenvalue weighted by Gasteiger charge is -2.27. The molecule has 174 valence electrons. The summed E-state index contributed by atoms with van der Waals surface area (Å²) >= 11 is 0. The Morgan fingerprint density at radius 1 is 1.06 bits per heavy atom. The molecule has 33 heavy (non-hydrogen) atoms. The zero-order chi connectivity index (χ0) is 23.6. The number of rotatable bonds is 7. The van der Waals surface area contributed by atoms with Gasteiger partial charge in [-0.05, 0) is 42.5 Å². The van der Waals surface area contributed by atoms with Gasteiger partial charge in [-0.25, -0.2) is 4.79 Å². The molecule has 0 spiro atoms. The molecule has 2 aliphatic rings. The van der Waals surface area contributed by atoms with Gasteiger partial charge in [0.2, 0.25) is 0 Å². The fraction of sp³-hybridized carbons (Fsp3) is 0.400. The molecule has 1 heterocycles. The number of hydrogen-bond donors (Lipinski definition) is 3. The van der Waals surface area contributed by atoms with Crippen molar-refractivity contribution >= 4 is 18.0 Å². The van der Waals surface area contributed by atoms with E-state index < -0.39 is 35.7 Å². The van der Waals surface area contributed by atoms with Crippen LogP contribution in [0.15, 0.2) is 48.5 Å². The highest BCUT2D eigenvalue weighted by Gasteiger charge is 2.38. The van der Waals surface area contributed by atoms with E-state index in [9.17, 15) is 14.4 Å². The lowest BCUT2D eigenvalue weighted by molar-refractivity contribution is -0.139. The summed E-state index contributed by atoms with van der Waals surface area (Å²) in [6.45, 7) is 3.74. The lowest BCUT2D eigenvalue weighted by Crippen LogP contribution is -2.54. The number of carboxylic acids is 1. The van der Waals surface area contributed by atoms with Crippen molar-refractivity contribution in [2.24, 2.45) is 0 Å². The molecular formula is C25H28N2O6. The Kier molecular flexibility index (Phi) is 6.37. The fourth-order valence-electron chi connectivity index (χ4n) is 4.61. The Morgan fingerprint density at radius 2 is 1.67 bits per heavy atom. The molecule has 8 nitrogen and oxygen atoms in total. The van der Waals surface area contributed by atoms with E-state index in [-0.39, 0.29) is 18.9 Å². The van der Waals surface area contributed by atoms with Crippen LogP contribution in [-0.4, -0.2) is 54.0 Å². The summed E-state index contributed by atoms with van der Waals surface area (Å²) in [7, 11) is 0. The summed E-state index contributed by atoms with van der Waals surface area (Å²) in [5.74, 6) is -1.53. The van der Waals surface area contributed by atoms with Crippen molar-refractivity contribution in [3.05, 3.63) is 59.7 Å². The molecule has 4 rings (SSSR count). The standard InChI is InChI=1S/C25H28N2O6/c1-25(2,13-21(28)29)27-23(30)22-20(11-12-32-22)26-24(31)33-14-19-17-9-5-3-7-15(17)16-8-4-6-10-18(16)19/h3-10,19-20,22H,11-14H2,1-2H3,(H,26,31)(H,27,30)(H,28,29)/t20-,22+/m0/s1. The molecule has 0 radical (unpaired) electrons. The highest BCUT2D eigenvalue weighted by atomic mass is 16.6. The van der Waals surface area contributed by atoms with Crippen molar-refractivity contribution in [1.82, 2.24) is 10.6 Å². The minimum Gasteiger partial charge on any atom is -0.481 e. The first-order valence-electron chi connectivity index (χ1n) is 11.0. The summed E-state index contributed by atoms with van der Waals surface area (Å²) in [6, 6.07) is 15.6. The molecule has 0 unspecified atom stereocenters. The fourth-order valence-corrected chi connectivity index (χ4v) is 4.61. The van der Waals surface area contributed by atoms with E-state index in [2.05, 4.69) is 22.8 Å². The van der Waals surface area contributed by atoms with Gasteiger partial charge in [-0.15, -0.1) is 0 Å². The Morgan fingerprint density at radius 3 is 2.27 bits per heavy atom. The third-order valence-corrected chi connectivity index (χ3v) is 6.05. The Labute approximate surface area is 192 Å². The van der Waals surface area contributed by atoms with Crippen molar-refractivity contribution in [1.29, 1.82) is 0 Å². The zero-order valence-corrected chi connectivity index (χ0v) is 18.7. The van der Waals surface area contributed by atoms with Gasteiger partial charge in [0, 0.05) is 18.1 Å². The van der Waals surface area contributed by atoms with E-state index in [1.807, 2.05) is 36.4 Å². The maximum Gasteiger partial charge on any atom is 0.407 e. The van der Waals surface area contributed by atoms with Gasteiger partial charge in [-0.1, -0.05) is 48.5 Å². The molecule has 3 N–H and O–H groups in total. The molecule has 2 aromatic carbocycles. The van der Waals surface area contributed by atoms with Gasteiger partial charge in [0.05, 0.1) is 12.5 Å². The molecule has 1 aliphatic carbocycles. The second-order valence-electron chi connectivity index (χ2n) is 9.10. The van der Waals surface area contributed by atoms with Gasteiger partial charge in [0.1, 0.15) is 6.61 Å². The van der Waals surface area contributed by atoms with Crippen molar-refractivity contribution in [2.75, 3.05) is 13.2 Å². The molecule has 2 aromatic rings. The van der Waals surface area contributed by atoms with Crippen LogP contribution in [0.4, 0.5) is 4.79 Å². The Balaban J connectivity index is 1.36. The number of carboxylic acid groups (broad SMARTS) is 1. The Bertz CT molecular complexity index is 1020. The molecule has 2 atom stereocenters. The monoisotopic (exact) mass is 452 g/mol. The van der Waals surface area contributed by atoms with Gasteiger partial charge in [-0.3, -0.25) is 9.59 Å². The smallest absolute Gasteiger partial charge is 0.407 e. The predicted molar refractivity (Wildman–Crippen MR) is 121 cm³/mol. The van der Waals surface area contributed by atoms with Crippen LogP contribution in [0.2, 0.25) is 0 Å². The normalized spacial score (nSPS) is 19.5. The van der Waals surface area contributed by atoms with Gasteiger partial charge >= 0.3 is 12.1 Å². The van der Waals surface area contributed by atoms with Gasteiger partial charge < -0.3 is 25.2 Å². The number of benzene rings is 2.